The van der Waals surface area contributed by atoms with E-state index in [1.54, 1.807) is 24.3 Å². The molecule has 0 bridgehead atoms. The van der Waals surface area contributed by atoms with Gasteiger partial charge in [0.2, 0.25) is 11.8 Å². The van der Waals surface area contributed by atoms with Crippen LogP contribution in [0.5, 0.6) is 0 Å². The number of rotatable bonds is 4. The van der Waals surface area contributed by atoms with Crippen molar-refractivity contribution in [2.45, 2.75) is 24.9 Å². The number of carbonyl (C=O) groups excluding carboxylic acids is 4. The van der Waals surface area contributed by atoms with Crippen molar-refractivity contribution in [2.24, 2.45) is 0 Å². The number of amides is 4. The van der Waals surface area contributed by atoms with Gasteiger partial charge in [-0.3, -0.25) is 19.2 Å². The van der Waals surface area contributed by atoms with Gasteiger partial charge in [0.15, 0.2) is 0 Å². The summed E-state index contributed by atoms with van der Waals surface area (Å²) in [6, 6.07) is 9.76. The van der Waals surface area contributed by atoms with E-state index in [1.807, 2.05) is 0 Å². The van der Waals surface area contributed by atoms with Gasteiger partial charge in [-0.1, -0.05) is 35.3 Å². The molecule has 0 spiro atoms. The van der Waals surface area contributed by atoms with E-state index < -0.39 is 35.7 Å². The smallest absolute Gasteiger partial charge is 0.254 e. The molecule has 2 atom stereocenters. The lowest BCUT2D eigenvalue weighted by Crippen LogP contribution is -2.49. The molecule has 0 radical (unpaired) electrons. The number of benzene rings is 2. The Morgan fingerprint density at radius 1 is 0.767 bits per heavy atom. The molecule has 4 rings (SSSR count). The van der Waals surface area contributed by atoms with Crippen LogP contribution in [0.4, 0.5) is 11.4 Å². The standard InChI is InChI=1S/C20H15Cl2N3O5/c21-11-3-1-5-13(7-11)23-17(26)9-15(19(23)28)25(30)16-10-18(27)24(20(16)29)14-6-2-4-12(22)8-14/h1-8,15-16,30H,9-10H2/t15-,16-/m1/s1. The summed E-state index contributed by atoms with van der Waals surface area (Å²) in [5.41, 5.74) is 0.533. The lowest BCUT2D eigenvalue weighted by molar-refractivity contribution is -0.172. The van der Waals surface area contributed by atoms with Crippen molar-refractivity contribution >= 4 is 58.2 Å². The Balaban J connectivity index is 1.57. The first-order valence-corrected chi connectivity index (χ1v) is 9.75. The molecular formula is C20H15Cl2N3O5. The van der Waals surface area contributed by atoms with E-state index in [1.165, 1.54) is 24.3 Å². The Morgan fingerprint density at radius 3 is 1.53 bits per heavy atom. The number of hydrogen-bond acceptors (Lipinski definition) is 6. The van der Waals surface area contributed by atoms with Crippen LogP contribution in [0.2, 0.25) is 10.0 Å². The van der Waals surface area contributed by atoms with Crippen LogP contribution in [0.15, 0.2) is 48.5 Å². The highest BCUT2D eigenvalue weighted by atomic mass is 35.5. The lowest BCUT2D eigenvalue weighted by Gasteiger charge is -2.25. The summed E-state index contributed by atoms with van der Waals surface area (Å²) in [5.74, 6) is -2.50. The SMILES string of the molecule is O=C1C[C@@H](N(O)[C@@H]2CC(=O)N(c3cccc(Cl)c3)C2=O)C(=O)N1c1cccc(Cl)c1. The molecule has 8 nitrogen and oxygen atoms in total. The molecule has 2 aliphatic heterocycles. The second kappa shape index (κ2) is 7.81. The van der Waals surface area contributed by atoms with E-state index in [2.05, 4.69) is 0 Å². The van der Waals surface area contributed by atoms with Crippen LogP contribution < -0.4 is 9.80 Å². The molecule has 2 fully saturated rings. The van der Waals surface area contributed by atoms with Crippen molar-refractivity contribution in [3.8, 4) is 0 Å². The predicted octanol–water partition coefficient (Wildman–Crippen LogP) is 2.65. The van der Waals surface area contributed by atoms with Gasteiger partial charge in [0, 0.05) is 10.0 Å². The molecule has 2 aromatic rings. The fourth-order valence-corrected chi connectivity index (χ4v) is 4.00. The summed E-state index contributed by atoms with van der Waals surface area (Å²) in [4.78, 5) is 52.4. The number of anilines is 2. The first-order valence-electron chi connectivity index (χ1n) is 9.00. The number of carbonyl (C=O) groups is 4. The highest BCUT2D eigenvalue weighted by molar-refractivity contribution is 6.32. The fourth-order valence-electron chi connectivity index (χ4n) is 3.64. The van der Waals surface area contributed by atoms with Gasteiger partial charge in [0.1, 0.15) is 12.1 Å². The zero-order chi connectivity index (χ0) is 21.6. The first kappa shape index (κ1) is 20.5. The van der Waals surface area contributed by atoms with Crippen LogP contribution in [0.3, 0.4) is 0 Å². The zero-order valence-corrected chi connectivity index (χ0v) is 16.9. The second-order valence-corrected chi connectivity index (χ2v) is 7.79. The van der Waals surface area contributed by atoms with Gasteiger partial charge in [0.25, 0.3) is 11.8 Å². The molecule has 154 valence electrons. The van der Waals surface area contributed by atoms with E-state index in [-0.39, 0.29) is 24.2 Å². The Hall–Kier alpha value is -2.78. The molecule has 2 aliphatic rings. The number of halogens is 2. The van der Waals surface area contributed by atoms with Crippen LogP contribution in [0.25, 0.3) is 0 Å². The number of imide groups is 2. The Bertz CT molecular complexity index is 992. The maximum Gasteiger partial charge on any atom is 0.254 e. The average molecular weight is 448 g/mol. The summed E-state index contributed by atoms with van der Waals surface area (Å²) in [5, 5.41) is 11.8. The van der Waals surface area contributed by atoms with Crippen molar-refractivity contribution in [3.05, 3.63) is 58.6 Å². The molecule has 2 aromatic carbocycles. The molecular weight excluding hydrogens is 433 g/mol. The maximum absolute atomic E-state index is 12.8. The molecule has 0 saturated carbocycles. The normalized spacial score (nSPS) is 22.0. The number of nitrogens with zero attached hydrogens (tertiary/aromatic N) is 3. The van der Waals surface area contributed by atoms with E-state index in [0.717, 1.165) is 9.80 Å². The summed E-state index contributed by atoms with van der Waals surface area (Å²) >= 11 is 11.9. The quantitative estimate of drug-likeness (QED) is 0.571. The molecule has 4 amide bonds. The average Bonchev–Trinajstić information content (AvgIpc) is 3.16. The van der Waals surface area contributed by atoms with Gasteiger partial charge in [-0.2, -0.15) is 5.06 Å². The highest BCUT2D eigenvalue weighted by Crippen LogP contribution is 2.32. The topological polar surface area (TPSA) is 98.2 Å². The van der Waals surface area contributed by atoms with Gasteiger partial charge in [0.05, 0.1) is 24.2 Å². The Morgan fingerprint density at radius 2 is 1.17 bits per heavy atom. The molecule has 1 N–H and O–H groups in total. The van der Waals surface area contributed by atoms with Gasteiger partial charge < -0.3 is 5.21 Å². The highest BCUT2D eigenvalue weighted by Gasteiger charge is 2.50. The van der Waals surface area contributed by atoms with E-state index in [9.17, 15) is 24.4 Å². The predicted molar refractivity (Wildman–Crippen MR) is 108 cm³/mol. The largest absolute Gasteiger partial charge is 0.312 e. The third-order valence-corrected chi connectivity index (χ3v) is 5.49. The molecule has 0 aromatic heterocycles. The van der Waals surface area contributed by atoms with Crippen LogP contribution in [-0.2, 0) is 19.2 Å². The van der Waals surface area contributed by atoms with Gasteiger partial charge in [-0.15, -0.1) is 0 Å². The fraction of sp³-hybridized carbons (Fsp3) is 0.200. The first-order chi connectivity index (χ1) is 14.3. The minimum Gasteiger partial charge on any atom is -0.312 e. The summed E-state index contributed by atoms with van der Waals surface area (Å²) in [7, 11) is 0. The third-order valence-electron chi connectivity index (χ3n) is 5.02. The Labute approximate surface area is 181 Å². The molecule has 2 saturated heterocycles. The second-order valence-electron chi connectivity index (χ2n) is 6.91. The van der Waals surface area contributed by atoms with Crippen LogP contribution in [0, 0.1) is 0 Å². The minimum atomic E-state index is -1.29. The van der Waals surface area contributed by atoms with Crippen molar-refractivity contribution in [1.82, 2.24) is 5.06 Å². The maximum atomic E-state index is 12.8. The van der Waals surface area contributed by atoms with Crippen molar-refractivity contribution < 1.29 is 24.4 Å². The van der Waals surface area contributed by atoms with Gasteiger partial charge in [-0.05, 0) is 36.4 Å². The number of hydroxylamine groups is 2. The van der Waals surface area contributed by atoms with E-state index >= 15 is 0 Å². The molecule has 0 aliphatic carbocycles. The Kier molecular flexibility index (Phi) is 5.33. The summed E-state index contributed by atoms with van der Waals surface area (Å²) in [6.07, 6.45) is -0.673. The minimum absolute atomic E-state index is 0.266. The van der Waals surface area contributed by atoms with Gasteiger partial charge >= 0.3 is 0 Å². The van der Waals surface area contributed by atoms with Crippen molar-refractivity contribution in [1.29, 1.82) is 0 Å². The van der Waals surface area contributed by atoms with Crippen molar-refractivity contribution in [3.63, 3.8) is 0 Å². The van der Waals surface area contributed by atoms with Crippen LogP contribution in [0.1, 0.15) is 12.8 Å². The monoisotopic (exact) mass is 447 g/mol. The van der Waals surface area contributed by atoms with E-state index in [4.69, 9.17) is 23.2 Å². The molecule has 10 heteroatoms. The van der Waals surface area contributed by atoms with Gasteiger partial charge in [-0.25, -0.2) is 9.80 Å². The lowest BCUT2D eigenvalue weighted by atomic mass is 10.1. The number of hydrogen-bond donors (Lipinski definition) is 1. The molecule has 2 heterocycles. The summed E-state index contributed by atoms with van der Waals surface area (Å²) < 4.78 is 0. The third kappa shape index (κ3) is 3.48. The van der Waals surface area contributed by atoms with Crippen LogP contribution in [-0.4, -0.2) is 46.0 Å². The zero-order valence-electron chi connectivity index (χ0n) is 15.4. The molecule has 0 unspecified atom stereocenters. The molecule has 30 heavy (non-hydrogen) atoms. The summed E-state index contributed by atoms with van der Waals surface area (Å²) in [6.45, 7) is 0. The van der Waals surface area contributed by atoms with E-state index in [0.29, 0.717) is 15.1 Å². The van der Waals surface area contributed by atoms with Crippen LogP contribution >= 0.6 is 23.2 Å². The van der Waals surface area contributed by atoms with Crippen molar-refractivity contribution in [2.75, 3.05) is 9.80 Å².